The van der Waals surface area contributed by atoms with Crippen LogP contribution in [0.1, 0.15) is 18.2 Å². The van der Waals surface area contributed by atoms with Crippen LogP contribution < -0.4 is 15.5 Å². The maximum atomic E-state index is 11.1. The minimum Gasteiger partial charge on any atom is -0.340 e. The van der Waals surface area contributed by atoms with Gasteiger partial charge in [0.1, 0.15) is 5.82 Å². The molecule has 1 aliphatic heterocycles. The van der Waals surface area contributed by atoms with Crippen molar-refractivity contribution in [3.8, 4) is 0 Å². The number of nitrogens with zero attached hydrogens (tertiary/aromatic N) is 3. The van der Waals surface area contributed by atoms with Crippen LogP contribution in [-0.2, 0) is 11.2 Å². The zero-order valence-electron chi connectivity index (χ0n) is 15.4. The average molecular weight is 359 g/mol. The van der Waals surface area contributed by atoms with Crippen LogP contribution in [0.3, 0.4) is 0 Å². The van der Waals surface area contributed by atoms with Gasteiger partial charge in [0.2, 0.25) is 11.9 Å². The number of rotatable bonds is 4. The number of hydrogen-bond donors (Lipinski definition) is 2. The molecule has 0 atom stereocenters. The molecule has 1 aliphatic rings. The van der Waals surface area contributed by atoms with Gasteiger partial charge in [-0.3, -0.25) is 4.79 Å². The molecule has 136 valence electrons. The number of amides is 1. The van der Waals surface area contributed by atoms with Gasteiger partial charge >= 0.3 is 0 Å². The highest BCUT2D eigenvalue weighted by Gasteiger charge is 2.22. The number of nitrogens with one attached hydrogen (secondary N) is 2. The maximum absolute atomic E-state index is 11.1. The summed E-state index contributed by atoms with van der Waals surface area (Å²) < 4.78 is 0. The van der Waals surface area contributed by atoms with Crippen molar-refractivity contribution < 1.29 is 4.79 Å². The van der Waals surface area contributed by atoms with Gasteiger partial charge in [-0.2, -0.15) is 4.98 Å². The summed E-state index contributed by atoms with van der Waals surface area (Å²) in [4.78, 5) is 22.6. The van der Waals surface area contributed by atoms with E-state index in [1.54, 1.807) is 0 Å². The summed E-state index contributed by atoms with van der Waals surface area (Å²) in [6, 6.07) is 17.8. The lowest BCUT2D eigenvalue weighted by Gasteiger charge is -2.18. The van der Waals surface area contributed by atoms with E-state index in [1.165, 1.54) is 18.2 Å². The fourth-order valence-corrected chi connectivity index (χ4v) is 3.27. The highest BCUT2D eigenvalue weighted by atomic mass is 16.1. The number of carbonyl (C=O) groups is 1. The highest BCUT2D eigenvalue weighted by Crippen LogP contribution is 2.33. The van der Waals surface area contributed by atoms with Gasteiger partial charge in [0.25, 0.3) is 0 Å². The fraction of sp³-hybridized carbons (Fsp3) is 0.190. The number of anilines is 5. The minimum absolute atomic E-state index is 0.0855. The van der Waals surface area contributed by atoms with Gasteiger partial charge in [-0.1, -0.05) is 18.2 Å². The Morgan fingerprint density at radius 1 is 1.04 bits per heavy atom. The van der Waals surface area contributed by atoms with Gasteiger partial charge < -0.3 is 15.5 Å². The molecule has 0 radical (unpaired) electrons. The van der Waals surface area contributed by atoms with Crippen LogP contribution >= 0.6 is 0 Å². The standard InChI is InChI=1S/C21H21N5O/c1-14-13-20(24-18-9-7-17(8-10-18)23-15(2)27)25-21(22-14)26-12-11-16-5-3-4-6-19(16)26/h3-10,13H,11-12H2,1-2H3,(H,23,27)(H,22,24,25). The molecule has 0 spiro atoms. The van der Waals surface area contributed by atoms with E-state index in [9.17, 15) is 4.79 Å². The molecule has 6 nitrogen and oxygen atoms in total. The van der Waals surface area contributed by atoms with Crippen molar-refractivity contribution in [3.63, 3.8) is 0 Å². The van der Waals surface area contributed by atoms with Crippen LogP contribution in [-0.4, -0.2) is 22.4 Å². The molecular weight excluding hydrogens is 338 g/mol. The molecule has 0 saturated carbocycles. The fourth-order valence-electron chi connectivity index (χ4n) is 3.27. The number of benzene rings is 2. The zero-order chi connectivity index (χ0) is 18.8. The van der Waals surface area contributed by atoms with Crippen molar-refractivity contribution in [2.24, 2.45) is 0 Å². The van der Waals surface area contributed by atoms with Crippen molar-refractivity contribution >= 4 is 34.7 Å². The first-order valence-electron chi connectivity index (χ1n) is 8.94. The summed E-state index contributed by atoms with van der Waals surface area (Å²) in [6.07, 6.45) is 1.00. The molecule has 0 fully saturated rings. The lowest BCUT2D eigenvalue weighted by atomic mass is 10.2. The second-order valence-electron chi connectivity index (χ2n) is 6.61. The topological polar surface area (TPSA) is 70.2 Å². The van der Waals surface area contributed by atoms with Crippen molar-refractivity contribution in [2.45, 2.75) is 20.3 Å². The van der Waals surface area contributed by atoms with Crippen LogP contribution in [0.2, 0.25) is 0 Å². The van der Waals surface area contributed by atoms with Gasteiger partial charge in [-0.15, -0.1) is 0 Å². The van der Waals surface area contributed by atoms with Crippen LogP contribution in [0.5, 0.6) is 0 Å². The molecule has 1 aromatic heterocycles. The highest BCUT2D eigenvalue weighted by molar-refractivity contribution is 5.88. The van der Waals surface area contributed by atoms with E-state index in [1.807, 2.05) is 43.3 Å². The summed E-state index contributed by atoms with van der Waals surface area (Å²) in [5.74, 6) is 1.36. The van der Waals surface area contributed by atoms with Crippen LogP contribution in [0.15, 0.2) is 54.6 Å². The monoisotopic (exact) mass is 359 g/mol. The Bertz CT molecular complexity index is 984. The Morgan fingerprint density at radius 2 is 1.78 bits per heavy atom. The molecule has 2 aromatic carbocycles. The van der Waals surface area contributed by atoms with E-state index in [2.05, 4.69) is 38.7 Å². The summed E-state index contributed by atoms with van der Waals surface area (Å²) >= 11 is 0. The Balaban J connectivity index is 1.57. The molecular formula is C21H21N5O. The van der Waals surface area contributed by atoms with Gasteiger partial charge in [0, 0.05) is 42.3 Å². The maximum Gasteiger partial charge on any atom is 0.232 e. The molecule has 1 amide bonds. The Labute approximate surface area is 158 Å². The normalized spacial score (nSPS) is 12.6. The predicted molar refractivity (Wildman–Crippen MR) is 108 cm³/mol. The molecule has 0 unspecified atom stereocenters. The Morgan fingerprint density at radius 3 is 2.56 bits per heavy atom. The third-order valence-electron chi connectivity index (χ3n) is 4.45. The molecule has 4 rings (SSSR count). The first-order chi connectivity index (χ1) is 13.1. The quantitative estimate of drug-likeness (QED) is 0.731. The minimum atomic E-state index is -0.0855. The van der Waals surface area contributed by atoms with Crippen LogP contribution in [0, 0.1) is 6.92 Å². The molecule has 6 heteroatoms. The average Bonchev–Trinajstić information content (AvgIpc) is 3.07. The predicted octanol–water partition coefficient (Wildman–Crippen LogP) is 4.18. The lowest BCUT2D eigenvalue weighted by Crippen LogP contribution is -2.17. The molecule has 0 bridgehead atoms. The van der Waals surface area contributed by atoms with Crippen molar-refractivity contribution in [2.75, 3.05) is 22.1 Å². The number of hydrogen-bond acceptors (Lipinski definition) is 5. The molecule has 3 aromatic rings. The third-order valence-corrected chi connectivity index (χ3v) is 4.45. The van der Waals surface area contributed by atoms with Gasteiger partial charge in [0.05, 0.1) is 0 Å². The SMILES string of the molecule is CC(=O)Nc1ccc(Nc2cc(C)nc(N3CCc4ccccc43)n2)cc1. The van der Waals surface area contributed by atoms with E-state index in [0.29, 0.717) is 5.95 Å². The van der Waals surface area contributed by atoms with Crippen molar-refractivity contribution in [1.82, 2.24) is 9.97 Å². The molecule has 27 heavy (non-hydrogen) atoms. The number of para-hydroxylation sites is 1. The zero-order valence-corrected chi connectivity index (χ0v) is 15.4. The first-order valence-corrected chi connectivity index (χ1v) is 8.94. The second-order valence-corrected chi connectivity index (χ2v) is 6.61. The second kappa shape index (κ2) is 7.07. The molecule has 0 aliphatic carbocycles. The van der Waals surface area contributed by atoms with E-state index in [0.717, 1.165) is 35.9 Å². The largest absolute Gasteiger partial charge is 0.340 e. The van der Waals surface area contributed by atoms with Gasteiger partial charge in [-0.25, -0.2) is 4.98 Å². The van der Waals surface area contributed by atoms with E-state index in [4.69, 9.17) is 4.98 Å². The van der Waals surface area contributed by atoms with Crippen molar-refractivity contribution in [3.05, 3.63) is 65.9 Å². The molecule has 2 N–H and O–H groups in total. The van der Waals surface area contributed by atoms with Crippen LogP contribution in [0.25, 0.3) is 0 Å². The lowest BCUT2D eigenvalue weighted by molar-refractivity contribution is -0.114. The molecule has 2 heterocycles. The van der Waals surface area contributed by atoms with E-state index >= 15 is 0 Å². The number of aromatic nitrogens is 2. The van der Waals surface area contributed by atoms with Gasteiger partial charge in [0.15, 0.2) is 0 Å². The first kappa shape index (κ1) is 17.0. The van der Waals surface area contributed by atoms with E-state index in [-0.39, 0.29) is 5.91 Å². The summed E-state index contributed by atoms with van der Waals surface area (Å²) in [5, 5.41) is 6.08. The summed E-state index contributed by atoms with van der Waals surface area (Å²) in [7, 11) is 0. The summed E-state index contributed by atoms with van der Waals surface area (Å²) in [5.41, 5.74) is 5.07. The third kappa shape index (κ3) is 3.74. The van der Waals surface area contributed by atoms with Gasteiger partial charge in [-0.05, 0) is 49.2 Å². The number of aryl methyl sites for hydroxylation is 1. The molecule has 0 saturated heterocycles. The number of fused-ring (bicyclic) bond motifs is 1. The smallest absolute Gasteiger partial charge is 0.232 e. The van der Waals surface area contributed by atoms with Crippen molar-refractivity contribution in [1.29, 1.82) is 0 Å². The van der Waals surface area contributed by atoms with Crippen LogP contribution in [0.4, 0.5) is 28.8 Å². The summed E-state index contributed by atoms with van der Waals surface area (Å²) in [6.45, 7) is 4.35. The Hall–Kier alpha value is -3.41. The van der Waals surface area contributed by atoms with E-state index < -0.39 is 0 Å². The Kier molecular flexibility index (Phi) is 4.46. The number of carbonyl (C=O) groups excluding carboxylic acids is 1.